The minimum absolute atomic E-state index is 0.444. The van der Waals surface area contributed by atoms with Crippen LogP contribution in [0.3, 0.4) is 0 Å². The van der Waals surface area contributed by atoms with Gasteiger partial charge in [-0.05, 0) is 25.7 Å². The van der Waals surface area contributed by atoms with Gasteiger partial charge in [0.2, 0.25) is 0 Å². The molecule has 0 atom stereocenters. The SMILES string of the molecule is C1CCC(NCC2(N3CCOCC3)CCCCC2)CC1. The molecular formula is C17H32N2O. The number of nitrogens with zero attached hydrogens (tertiary/aromatic N) is 1. The van der Waals surface area contributed by atoms with E-state index in [9.17, 15) is 0 Å². The summed E-state index contributed by atoms with van der Waals surface area (Å²) in [6.45, 7) is 5.38. The fourth-order valence-electron chi connectivity index (χ4n) is 4.49. The Morgan fingerprint density at radius 3 is 2.25 bits per heavy atom. The Morgan fingerprint density at radius 1 is 0.900 bits per heavy atom. The monoisotopic (exact) mass is 280 g/mol. The van der Waals surface area contributed by atoms with E-state index in [1.54, 1.807) is 0 Å². The Kier molecular flexibility index (Phi) is 5.36. The first-order chi connectivity index (χ1) is 9.89. The minimum Gasteiger partial charge on any atom is -0.379 e. The summed E-state index contributed by atoms with van der Waals surface area (Å²) in [6.07, 6.45) is 14.2. The molecule has 0 aromatic heterocycles. The van der Waals surface area contributed by atoms with Crippen molar-refractivity contribution in [3.63, 3.8) is 0 Å². The molecule has 0 unspecified atom stereocenters. The van der Waals surface area contributed by atoms with Crippen LogP contribution in [0, 0.1) is 0 Å². The van der Waals surface area contributed by atoms with E-state index in [0.29, 0.717) is 5.54 Å². The first-order valence-electron chi connectivity index (χ1n) is 8.95. The third-order valence-corrected chi connectivity index (χ3v) is 5.79. The number of ether oxygens (including phenoxy) is 1. The Balaban J connectivity index is 1.59. The van der Waals surface area contributed by atoms with Crippen LogP contribution in [0.25, 0.3) is 0 Å². The van der Waals surface area contributed by atoms with Gasteiger partial charge < -0.3 is 10.1 Å². The first kappa shape index (κ1) is 14.8. The molecule has 116 valence electrons. The van der Waals surface area contributed by atoms with Crippen LogP contribution in [-0.2, 0) is 4.74 Å². The Morgan fingerprint density at radius 2 is 1.55 bits per heavy atom. The van der Waals surface area contributed by atoms with Crippen molar-refractivity contribution in [1.82, 2.24) is 10.2 Å². The van der Waals surface area contributed by atoms with E-state index in [4.69, 9.17) is 4.74 Å². The highest BCUT2D eigenvalue weighted by Gasteiger charge is 2.38. The summed E-state index contributed by atoms with van der Waals surface area (Å²) in [6, 6.07) is 0.795. The maximum Gasteiger partial charge on any atom is 0.0594 e. The Bertz CT molecular complexity index is 277. The van der Waals surface area contributed by atoms with Gasteiger partial charge in [-0.2, -0.15) is 0 Å². The van der Waals surface area contributed by atoms with Crippen LogP contribution in [0.5, 0.6) is 0 Å². The van der Waals surface area contributed by atoms with Crippen molar-refractivity contribution in [3.8, 4) is 0 Å². The molecule has 3 aliphatic rings. The van der Waals surface area contributed by atoms with Gasteiger partial charge in [-0.1, -0.05) is 38.5 Å². The van der Waals surface area contributed by atoms with Crippen LogP contribution < -0.4 is 5.32 Å². The first-order valence-corrected chi connectivity index (χ1v) is 8.95. The molecule has 1 aliphatic heterocycles. The van der Waals surface area contributed by atoms with Crippen LogP contribution in [0.2, 0.25) is 0 Å². The molecule has 0 bridgehead atoms. The normalized spacial score (nSPS) is 29.4. The number of hydrogen-bond donors (Lipinski definition) is 1. The summed E-state index contributed by atoms with van der Waals surface area (Å²) in [5, 5.41) is 3.95. The van der Waals surface area contributed by atoms with Crippen molar-refractivity contribution >= 4 is 0 Å². The van der Waals surface area contributed by atoms with Gasteiger partial charge in [0.1, 0.15) is 0 Å². The molecule has 20 heavy (non-hydrogen) atoms. The highest BCUT2D eigenvalue weighted by molar-refractivity contribution is 4.96. The fourth-order valence-corrected chi connectivity index (χ4v) is 4.49. The summed E-state index contributed by atoms with van der Waals surface area (Å²) in [5.74, 6) is 0. The molecule has 2 saturated carbocycles. The zero-order chi connectivity index (χ0) is 13.7. The molecule has 0 amide bonds. The second-order valence-corrected chi connectivity index (χ2v) is 7.10. The average Bonchev–Trinajstić information content (AvgIpc) is 2.56. The smallest absolute Gasteiger partial charge is 0.0594 e. The predicted molar refractivity (Wildman–Crippen MR) is 83.1 cm³/mol. The lowest BCUT2D eigenvalue weighted by atomic mass is 9.79. The molecule has 3 fully saturated rings. The molecule has 1 N–H and O–H groups in total. The van der Waals surface area contributed by atoms with Crippen LogP contribution in [0.1, 0.15) is 64.2 Å². The molecule has 0 radical (unpaired) electrons. The fraction of sp³-hybridized carbons (Fsp3) is 1.00. The lowest BCUT2D eigenvalue weighted by Crippen LogP contribution is -2.60. The Labute approximate surface area is 124 Å². The van der Waals surface area contributed by atoms with Gasteiger partial charge in [0.25, 0.3) is 0 Å². The van der Waals surface area contributed by atoms with E-state index in [-0.39, 0.29) is 0 Å². The van der Waals surface area contributed by atoms with Crippen LogP contribution >= 0.6 is 0 Å². The average molecular weight is 280 g/mol. The van der Waals surface area contributed by atoms with Gasteiger partial charge in [-0.15, -0.1) is 0 Å². The summed E-state index contributed by atoms with van der Waals surface area (Å²) in [5.41, 5.74) is 0.444. The van der Waals surface area contributed by atoms with Crippen LogP contribution in [0.15, 0.2) is 0 Å². The molecule has 3 rings (SSSR count). The van der Waals surface area contributed by atoms with Crippen molar-refractivity contribution in [1.29, 1.82) is 0 Å². The summed E-state index contributed by atoms with van der Waals surface area (Å²) < 4.78 is 5.57. The lowest BCUT2D eigenvalue weighted by Gasteiger charge is -2.49. The van der Waals surface area contributed by atoms with E-state index < -0.39 is 0 Å². The maximum atomic E-state index is 5.57. The van der Waals surface area contributed by atoms with Crippen LogP contribution in [-0.4, -0.2) is 49.3 Å². The zero-order valence-corrected chi connectivity index (χ0v) is 13.0. The van der Waals surface area contributed by atoms with Crippen molar-refractivity contribution in [2.75, 3.05) is 32.8 Å². The number of hydrogen-bond acceptors (Lipinski definition) is 3. The van der Waals surface area contributed by atoms with Crippen molar-refractivity contribution in [3.05, 3.63) is 0 Å². The maximum absolute atomic E-state index is 5.57. The second-order valence-electron chi connectivity index (χ2n) is 7.10. The van der Waals surface area contributed by atoms with E-state index in [0.717, 1.165) is 32.3 Å². The largest absolute Gasteiger partial charge is 0.379 e. The zero-order valence-electron chi connectivity index (χ0n) is 13.0. The molecule has 3 heteroatoms. The third kappa shape index (κ3) is 3.55. The molecular weight excluding hydrogens is 248 g/mol. The summed E-state index contributed by atoms with van der Waals surface area (Å²) in [4.78, 5) is 2.76. The van der Waals surface area contributed by atoms with Crippen molar-refractivity contribution in [2.45, 2.75) is 75.8 Å². The number of morpholine rings is 1. The lowest BCUT2D eigenvalue weighted by molar-refractivity contribution is -0.0380. The molecule has 0 aromatic carbocycles. The number of rotatable bonds is 4. The van der Waals surface area contributed by atoms with E-state index in [1.807, 2.05) is 0 Å². The van der Waals surface area contributed by atoms with Gasteiger partial charge in [0.05, 0.1) is 13.2 Å². The Hall–Kier alpha value is -0.120. The van der Waals surface area contributed by atoms with Gasteiger partial charge in [0, 0.05) is 31.2 Å². The summed E-state index contributed by atoms with van der Waals surface area (Å²) >= 11 is 0. The standard InChI is InChI=1S/C17H32N2O/c1-3-7-16(8-4-1)18-15-17(9-5-2-6-10-17)19-11-13-20-14-12-19/h16,18H,1-15H2. The van der Waals surface area contributed by atoms with E-state index >= 15 is 0 Å². The van der Waals surface area contributed by atoms with Gasteiger partial charge >= 0.3 is 0 Å². The summed E-state index contributed by atoms with van der Waals surface area (Å²) in [7, 11) is 0. The highest BCUT2D eigenvalue weighted by Crippen LogP contribution is 2.34. The van der Waals surface area contributed by atoms with Gasteiger partial charge in [-0.25, -0.2) is 0 Å². The van der Waals surface area contributed by atoms with Gasteiger partial charge in [-0.3, -0.25) is 4.90 Å². The van der Waals surface area contributed by atoms with Crippen LogP contribution in [0.4, 0.5) is 0 Å². The molecule has 0 aromatic rings. The molecule has 1 saturated heterocycles. The molecule has 0 spiro atoms. The topological polar surface area (TPSA) is 24.5 Å². The van der Waals surface area contributed by atoms with Crippen molar-refractivity contribution < 1.29 is 4.74 Å². The number of nitrogens with one attached hydrogen (secondary N) is 1. The molecule has 1 heterocycles. The highest BCUT2D eigenvalue weighted by atomic mass is 16.5. The van der Waals surface area contributed by atoms with Gasteiger partial charge in [0.15, 0.2) is 0 Å². The van der Waals surface area contributed by atoms with E-state index in [2.05, 4.69) is 10.2 Å². The van der Waals surface area contributed by atoms with E-state index in [1.165, 1.54) is 70.8 Å². The van der Waals surface area contributed by atoms with Crippen molar-refractivity contribution in [2.24, 2.45) is 0 Å². The third-order valence-electron chi connectivity index (χ3n) is 5.79. The second kappa shape index (κ2) is 7.24. The quantitative estimate of drug-likeness (QED) is 0.857. The molecule has 3 nitrogen and oxygen atoms in total. The predicted octanol–water partition coefficient (Wildman–Crippen LogP) is 2.94. The molecule has 2 aliphatic carbocycles. The minimum atomic E-state index is 0.444.